The predicted molar refractivity (Wildman–Crippen MR) is 95.8 cm³/mol. The van der Waals surface area contributed by atoms with Crippen LogP contribution in [0.3, 0.4) is 0 Å². The van der Waals surface area contributed by atoms with Gasteiger partial charge in [-0.15, -0.1) is 0 Å². The molecule has 30 heavy (non-hydrogen) atoms. The summed E-state index contributed by atoms with van der Waals surface area (Å²) in [5.41, 5.74) is 0.217. The van der Waals surface area contributed by atoms with E-state index in [0.717, 1.165) is 11.1 Å². The van der Waals surface area contributed by atoms with E-state index >= 15 is 0 Å². The quantitative estimate of drug-likeness (QED) is 0.335. The van der Waals surface area contributed by atoms with Crippen LogP contribution in [0.4, 0.5) is 22.0 Å². The Balaban J connectivity index is 1.72. The number of hydrogen-bond donors (Lipinski definition) is 0. The minimum atomic E-state index is -4.74. The summed E-state index contributed by atoms with van der Waals surface area (Å²) in [5.74, 6) is -2.40. The van der Waals surface area contributed by atoms with Crippen LogP contribution in [0.1, 0.15) is 33.8 Å². The molecule has 0 spiro atoms. The molecular formula is C19H13F5N4O2. The van der Waals surface area contributed by atoms with Gasteiger partial charge in [-0.2, -0.15) is 23.3 Å². The summed E-state index contributed by atoms with van der Waals surface area (Å²) < 4.78 is 67.9. The highest BCUT2D eigenvalue weighted by atomic mass is 19.4. The Morgan fingerprint density at radius 1 is 1.13 bits per heavy atom. The van der Waals surface area contributed by atoms with Crippen molar-refractivity contribution in [1.29, 1.82) is 0 Å². The number of hydrogen-bond acceptors (Lipinski definition) is 5. The number of nitrogens with zero attached hydrogens (tertiary/aromatic N) is 4. The SMILES string of the molecule is CN(/N=C/c1ccc(-c2noc(C(F)(F)F)n2)cc1)C(=O)c1ccccc1C(F)F. The second-order valence-corrected chi connectivity index (χ2v) is 6.00. The second-order valence-electron chi connectivity index (χ2n) is 6.00. The summed E-state index contributed by atoms with van der Waals surface area (Å²) >= 11 is 0. The fourth-order valence-electron chi connectivity index (χ4n) is 2.44. The average molecular weight is 424 g/mol. The Hall–Kier alpha value is -3.63. The van der Waals surface area contributed by atoms with Gasteiger partial charge in [0.2, 0.25) is 5.82 Å². The van der Waals surface area contributed by atoms with E-state index in [1.165, 1.54) is 55.7 Å². The van der Waals surface area contributed by atoms with Gasteiger partial charge >= 0.3 is 12.1 Å². The molecule has 1 amide bonds. The lowest BCUT2D eigenvalue weighted by Gasteiger charge is -2.13. The summed E-state index contributed by atoms with van der Waals surface area (Å²) in [7, 11) is 1.31. The first kappa shape index (κ1) is 21.1. The van der Waals surface area contributed by atoms with E-state index in [2.05, 4.69) is 19.8 Å². The van der Waals surface area contributed by atoms with Crippen LogP contribution in [0, 0.1) is 0 Å². The Bertz CT molecular complexity index is 1060. The molecule has 0 aliphatic rings. The fraction of sp³-hybridized carbons (Fsp3) is 0.158. The fourth-order valence-corrected chi connectivity index (χ4v) is 2.44. The van der Waals surface area contributed by atoms with Crippen LogP contribution in [0.25, 0.3) is 11.4 Å². The van der Waals surface area contributed by atoms with Gasteiger partial charge in [0.05, 0.1) is 11.8 Å². The average Bonchev–Trinajstić information content (AvgIpc) is 3.22. The van der Waals surface area contributed by atoms with Gasteiger partial charge in [-0.25, -0.2) is 13.8 Å². The van der Waals surface area contributed by atoms with Gasteiger partial charge in [-0.05, 0) is 11.6 Å². The molecule has 3 rings (SSSR count). The topological polar surface area (TPSA) is 71.6 Å². The molecule has 0 atom stereocenters. The molecule has 0 fully saturated rings. The number of amides is 1. The number of rotatable bonds is 5. The maximum absolute atomic E-state index is 13.1. The molecule has 2 aromatic carbocycles. The van der Waals surface area contributed by atoms with Crippen molar-refractivity contribution in [3.63, 3.8) is 0 Å². The third-order valence-corrected chi connectivity index (χ3v) is 3.94. The standard InChI is InChI=1S/C19H13F5N4O2/c1-28(17(29)14-5-3-2-4-13(14)15(20)21)25-10-11-6-8-12(9-7-11)16-26-18(30-27-16)19(22,23)24/h2-10,15H,1H3/b25-10+. The van der Waals surface area contributed by atoms with Gasteiger partial charge in [0.15, 0.2) is 0 Å². The van der Waals surface area contributed by atoms with Crippen molar-refractivity contribution in [1.82, 2.24) is 15.1 Å². The number of alkyl halides is 5. The van der Waals surface area contributed by atoms with Crippen LogP contribution in [0.5, 0.6) is 0 Å². The first-order valence-electron chi connectivity index (χ1n) is 8.37. The smallest absolute Gasteiger partial charge is 0.329 e. The van der Waals surface area contributed by atoms with Gasteiger partial charge < -0.3 is 4.52 Å². The van der Waals surface area contributed by atoms with E-state index < -0.39 is 30.0 Å². The van der Waals surface area contributed by atoms with Gasteiger partial charge in [0, 0.05) is 18.2 Å². The largest absolute Gasteiger partial charge is 0.471 e. The summed E-state index contributed by atoms with van der Waals surface area (Å²) in [4.78, 5) is 15.7. The van der Waals surface area contributed by atoms with Crippen molar-refractivity contribution in [3.05, 3.63) is 71.1 Å². The molecule has 0 N–H and O–H groups in total. The number of carbonyl (C=O) groups excluding carboxylic acids is 1. The monoisotopic (exact) mass is 424 g/mol. The van der Waals surface area contributed by atoms with Crippen molar-refractivity contribution in [2.24, 2.45) is 5.10 Å². The van der Waals surface area contributed by atoms with E-state index in [4.69, 9.17) is 0 Å². The van der Waals surface area contributed by atoms with Crippen LogP contribution in [0.2, 0.25) is 0 Å². The number of hydrazone groups is 1. The highest BCUT2D eigenvalue weighted by Crippen LogP contribution is 2.29. The zero-order chi connectivity index (χ0) is 21.9. The molecule has 156 valence electrons. The van der Waals surface area contributed by atoms with Crippen LogP contribution in [-0.4, -0.2) is 34.3 Å². The lowest BCUT2D eigenvalue weighted by molar-refractivity contribution is -0.159. The van der Waals surface area contributed by atoms with Crippen LogP contribution < -0.4 is 0 Å². The number of halogens is 5. The van der Waals surface area contributed by atoms with E-state index in [0.29, 0.717) is 5.56 Å². The first-order valence-corrected chi connectivity index (χ1v) is 8.37. The lowest BCUT2D eigenvalue weighted by atomic mass is 10.1. The normalized spacial score (nSPS) is 12.0. The third-order valence-electron chi connectivity index (χ3n) is 3.94. The van der Waals surface area contributed by atoms with E-state index in [-0.39, 0.29) is 17.0 Å². The molecule has 0 saturated heterocycles. The van der Waals surface area contributed by atoms with Gasteiger partial charge in [0.25, 0.3) is 12.3 Å². The zero-order valence-corrected chi connectivity index (χ0v) is 15.3. The predicted octanol–water partition coefficient (Wildman–Crippen LogP) is 4.80. The Morgan fingerprint density at radius 3 is 2.40 bits per heavy atom. The van der Waals surface area contributed by atoms with E-state index in [9.17, 15) is 26.7 Å². The van der Waals surface area contributed by atoms with E-state index in [1.807, 2.05) is 0 Å². The number of carbonyl (C=O) groups is 1. The highest BCUT2D eigenvalue weighted by molar-refractivity contribution is 5.96. The van der Waals surface area contributed by atoms with E-state index in [1.54, 1.807) is 0 Å². The minimum absolute atomic E-state index is 0.167. The summed E-state index contributed by atoms with van der Waals surface area (Å²) in [6.07, 6.45) is -6.25. The zero-order valence-electron chi connectivity index (χ0n) is 15.3. The molecule has 0 aliphatic carbocycles. The molecule has 1 heterocycles. The molecule has 0 saturated carbocycles. The molecule has 11 heteroatoms. The highest BCUT2D eigenvalue weighted by Gasteiger charge is 2.38. The van der Waals surface area contributed by atoms with Crippen molar-refractivity contribution < 1.29 is 31.3 Å². The number of benzene rings is 2. The molecule has 6 nitrogen and oxygen atoms in total. The second kappa shape index (κ2) is 8.39. The first-order chi connectivity index (χ1) is 14.2. The maximum Gasteiger partial charge on any atom is 0.471 e. The van der Waals surface area contributed by atoms with Gasteiger partial charge in [0.1, 0.15) is 0 Å². The minimum Gasteiger partial charge on any atom is -0.329 e. The van der Waals surface area contributed by atoms with Crippen molar-refractivity contribution in [3.8, 4) is 11.4 Å². The summed E-state index contributed by atoms with van der Waals surface area (Å²) in [6, 6.07) is 11.2. The summed E-state index contributed by atoms with van der Waals surface area (Å²) in [6.45, 7) is 0. The van der Waals surface area contributed by atoms with Crippen molar-refractivity contribution >= 4 is 12.1 Å². The summed E-state index contributed by atoms with van der Waals surface area (Å²) in [5, 5.41) is 8.11. The third kappa shape index (κ3) is 4.67. The Kier molecular flexibility index (Phi) is 5.90. The maximum atomic E-state index is 13.1. The van der Waals surface area contributed by atoms with Crippen molar-refractivity contribution in [2.45, 2.75) is 12.6 Å². The van der Waals surface area contributed by atoms with Crippen LogP contribution in [0.15, 0.2) is 58.2 Å². The molecule has 0 radical (unpaired) electrons. The number of aromatic nitrogens is 2. The van der Waals surface area contributed by atoms with Gasteiger partial charge in [-0.3, -0.25) is 4.79 Å². The van der Waals surface area contributed by atoms with Gasteiger partial charge in [-0.1, -0.05) is 47.6 Å². The Morgan fingerprint density at radius 2 is 1.80 bits per heavy atom. The van der Waals surface area contributed by atoms with Crippen LogP contribution >= 0.6 is 0 Å². The molecule has 0 unspecified atom stereocenters. The molecule has 3 aromatic rings. The van der Waals surface area contributed by atoms with Crippen molar-refractivity contribution in [2.75, 3.05) is 7.05 Å². The molecular weight excluding hydrogens is 411 g/mol. The molecule has 0 aliphatic heterocycles. The van der Waals surface area contributed by atoms with Crippen LogP contribution in [-0.2, 0) is 6.18 Å². The Labute approximate surface area is 166 Å². The molecule has 1 aromatic heterocycles. The lowest BCUT2D eigenvalue weighted by Crippen LogP contribution is -2.22. The molecule has 0 bridgehead atoms.